The molecule has 1 atom stereocenters. The van der Waals surface area contributed by atoms with Gasteiger partial charge in [-0.05, 0) is 27.2 Å². The van der Waals surface area contributed by atoms with Crippen LogP contribution in [0.5, 0.6) is 0 Å². The highest BCUT2D eigenvalue weighted by Gasteiger charge is 2.53. The molecule has 0 aromatic carbocycles. The van der Waals surface area contributed by atoms with E-state index in [-0.39, 0.29) is 17.5 Å². The molecule has 1 unspecified atom stereocenters. The van der Waals surface area contributed by atoms with E-state index in [1.54, 1.807) is 4.90 Å². The summed E-state index contributed by atoms with van der Waals surface area (Å²) in [6, 6.07) is 0. The summed E-state index contributed by atoms with van der Waals surface area (Å²) < 4.78 is 5.31. The van der Waals surface area contributed by atoms with E-state index in [9.17, 15) is 9.59 Å². The Morgan fingerprint density at radius 2 is 2.19 bits per heavy atom. The van der Waals surface area contributed by atoms with Gasteiger partial charge < -0.3 is 15.0 Å². The summed E-state index contributed by atoms with van der Waals surface area (Å²) in [4.78, 5) is 24.8. The summed E-state index contributed by atoms with van der Waals surface area (Å²) in [5.41, 5.74) is -0.788. The quantitative estimate of drug-likeness (QED) is 0.667. The van der Waals surface area contributed by atoms with Crippen LogP contribution in [0, 0.1) is 0 Å². The van der Waals surface area contributed by atoms with Gasteiger partial charge in [-0.3, -0.25) is 4.79 Å². The third-order valence-corrected chi connectivity index (χ3v) is 3.09. The minimum atomic E-state index is -0.482. The fourth-order valence-electron chi connectivity index (χ4n) is 2.20. The Morgan fingerprint density at radius 1 is 1.50 bits per heavy atom. The summed E-state index contributed by atoms with van der Waals surface area (Å²) in [5, 5.41) is 2.77. The van der Waals surface area contributed by atoms with Crippen molar-refractivity contribution >= 4 is 12.0 Å². The third kappa shape index (κ3) is 1.86. The molecule has 1 spiro atoms. The first-order chi connectivity index (χ1) is 7.32. The van der Waals surface area contributed by atoms with Gasteiger partial charge in [0.25, 0.3) is 0 Å². The maximum atomic E-state index is 11.9. The molecule has 2 aliphatic rings. The molecule has 2 heterocycles. The van der Waals surface area contributed by atoms with Crippen LogP contribution < -0.4 is 5.32 Å². The van der Waals surface area contributed by atoms with E-state index < -0.39 is 5.60 Å². The molecule has 90 valence electrons. The van der Waals surface area contributed by atoms with Gasteiger partial charge in [0, 0.05) is 13.1 Å². The van der Waals surface area contributed by atoms with Crippen molar-refractivity contribution < 1.29 is 14.3 Å². The maximum Gasteiger partial charge on any atom is 0.410 e. The number of carbonyl (C=O) groups is 2. The Hall–Kier alpha value is -1.26. The molecule has 0 radical (unpaired) electrons. The Balaban J connectivity index is 2.01. The number of nitrogens with zero attached hydrogens (tertiary/aromatic N) is 1. The van der Waals surface area contributed by atoms with Crippen molar-refractivity contribution in [3.05, 3.63) is 0 Å². The van der Waals surface area contributed by atoms with Crippen molar-refractivity contribution in [2.24, 2.45) is 0 Å². The smallest absolute Gasteiger partial charge is 0.410 e. The molecule has 2 rings (SSSR count). The van der Waals surface area contributed by atoms with Crippen LogP contribution in [0.1, 0.15) is 33.6 Å². The molecule has 5 nitrogen and oxygen atoms in total. The van der Waals surface area contributed by atoms with Gasteiger partial charge in [0.1, 0.15) is 5.60 Å². The molecule has 2 fully saturated rings. The fourth-order valence-corrected chi connectivity index (χ4v) is 2.20. The molecular formula is C11H18N2O3. The number of hydrogen-bond acceptors (Lipinski definition) is 3. The first-order valence-corrected chi connectivity index (χ1v) is 5.60. The summed E-state index contributed by atoms with van der Waals surface area (Å²) in [7, 11) is 0. The Morgan fingerprint density at radius 3 is 2.56 bits per heavy atom. The molecule has 16 heavy (non-hydrogen) atoms. The van der Waals surface area contributed by atoms with Crippen LogP contribution in [-0.4, -0.2) is 41.1 Å². The lowest BCUT2D eigenvalue weighted by molar-refractivity contribution is -0.120. The molecule has 0 saturated carbocycles. The number of rotatable bonds is 0. The standard InChI is InChI=1S/C11H18N2O3/c1-10(2,3)16-9(15)13-5-4-11(13)6-8(14)12-7-11/h4-7H2,1-3H3,(H,12,14). The number of ether oxygens (including phenoxy) is 1. The van der Waals surface area contributed by atoms with Gasteiger partial charge in [-0.2, -0.15) is 0 Å². The van der Waals surface area contributed by atoms with E-state index in [4.69, 9.17) is 4.74 Å². The van der Waals surface area contributed by atoms with Gasteiger partial charge in [0.2, 0.25) is 5.91 Å². The maximum absolute atomic E-state index is 11.9. The van der Waals surface area contributed by atoms with E-state index in [1.165, 1.54) is 0 Å². The molecule has 1 N–H and O–H groups in total. The van der Waals surface area contributed by atoms with E-state index in [0.29, 0.717) is 19.5 Å². The zero-order valence-corrected chi connectivity index (χ0v) is 10.0. The van der Waals surface area contributed by atoms with E-state index >= 15 is 0 Å². The van der Waals surface area contributed by atoms with Gasteiger partial charge in [0.15, 0.2) is 0 Å². The lowest BCUT2D eigenvalue weighted by Crippen LogP contribution is -2.63. The van der Waals surface area contributed by atoms with Gasteiger partial charge in [-0.1, -0.05) is 0 Å². The fraction of sp³-hybridized carbons (Fsp3) is 0.818. The number of nitrogens with one attached hydrogen (secondary N) is 1. The van der Waals surface area contributed by atoms with Gasteiger partial charge in [0.05, 0.1) is 12.0 Å². The van der Waals surface area contributed by atoms with Crippen molar-refractivity contribution in [2.75, 3.05) is 13.1 Å². The van der Waals surface area contributed by atoms with Crippen LogP contribution in [0.15, 0.2) is 0 Å². The SMILES string of the molecule is CC(C)(C)OC(=O)N1CCC12CNC(=O)C2. The minimum absolute atomic E-state index is 0.0215. The van der Waals surface area contributed by atoms with Crippen LogP contribution in [0.25, 0.3) is 0 Å². The normalized spacial score (nSPS) is 28.9. The number of amides is 2. The number of carbonyl (C=O) groups excluding carboxylic acids is 2. The van der Waals surface area contributed by atoms with Crippen molar-refractivity contribution in [1.29, 1.82) is 0 Å². The zero-order valence-electron chi connectivity index (χ0n) is 10.0. The van der Waals surface area contributed by atoms with Crippen LogP contribution in [0.4, 0.5) is 4.79 Å². The van der Waals surface area contributed by atoms with Crippen molar-refractivity contribution in [3.63, 3.8) is 0 Å². The second kappa shape index (κ2) is 3.37. The summed E-state index contributed by atoms with van der Waals surface area (Å²) >= 11 is 0. The summed E-state index contributed by atoms with van der Waals surface area (Å²) in [6.45, 7) is 6.77. The largest absolute Gasteiger partial charge is 0.444 e. The van der Waals surface area contributed by atoms with Crippen LogP contribution in [0.2, 0.25) is 0 Å². The molecule has 0 aromatic heterocycles. The Bertz CT molecular complexity index is 335. The molecular weight excluding hydrogens is 208 g/mol. The third-order valence-electron chi connectivity index (χ3n) is 3.09. The summed E-state index contributed by atoms with van der Waals surface area (Å²) in [6.07, 6.45) is 0.979. The van der Waals surface area contributed by atoms with Gasteiger partial charge in [-0.15, -0.1) is 0 Å². The molecule has 0 bridgehead atoms. The van der Waals surface area contributed by atoms with E-state index in [0.717, 1.165) is 6.42 Å². The predicted molar refractivity (Wildman–Crippen MR) is 57.9 cm³/mol. The number of hydrogen-bond donors (Lipinski definition) is 1. The first-order valence-electron chi connectivity index (χ1n) is 5.60. The number of likely N-dealkylation sites (tertiary alicyclic amines) is 1. The average molecular weight is 226 g/mol. The predicted octanol–water partition coefficient (Wildman–Crippen LogP) is 0.886. The van der Waals surface area contributed by atoms with Gasteiger partial charge in [-0.25, -0.2) is 4.79 Å². The van der Waals surface area contributed by atoms with Crippen molar-refractivity contribution in [3.8, 4) is 0 Å². The highest BCUT2D eigenvalue weighted by Crippen LogP contribution is 2.37. The summed E-state index contributed by atoms with van der Waals surface area (Å²) in [5.74, 6) is 0.0215. The minimum Gasteiger partial charge on any atom is -0.444 e. The van der Waals surface area contributed by atoms with Crippen LogP contribution >= 0.6 is 0 Å². The second-order valence-corrected chi connectivity index (χ2v) is 5.56. The lowest BCUT2D eigenvalue weighted by Gasteiger charge is -2.49. The van der Waals surface area contributed by atoms with Gasteiger partial charge >= 0.3 is 6.09 Å². The van der Waals surface area contributed by atoms with Crippen molar-refractivity contribution in [1.82, 2.24) is 10.2 Å². The van der Waals surface area contributed by atoms with Crippen molar-refractivity contribution in [2.45, 2.75) is 44.8 Å². The topological polar surface area (TPSA) is 58.6 Å². The zero-order chi connectivity index (χ0) is 12.0. The highest BCUT2D eigenvalue weighted by atomic mass is 16.6. The molecule has 2 amide bonds. The van der Waals surface area contributed by atoms with Crippen LogP contribution in [-0.2, 0) is 9.53 Å². The van der Waals surface area contributed by atoms with E-state index in [2.05, 4.69) is 5.32 Å². The second-order valence-electron chi connectivity index (χ2n) is 5.56. The monoisotopic (exact) mass is 226 g/mol. The van der Waals surface area contributed by atoms with Crippen LogP contribution in [0.3, 0.4) is 0 Å². The highest BCUT2D eigenvalue weighted by molar-refractivity contribution is 5.82. The molecule has 5 heteroatoms. The molecule has 2 aliphatic heterocycles. The Kier molecular flexibility index (Phi) is 2.36. The molecule has 0 aromatic rings. The first kappa shape index (κ1) is 11.2. The average Bonchev–Trinajstić information content (AvgIpc) is 2.44. The lowest BCUT2D eigenvalue weighted by atomic mass is 9.84. The molecule has 0 aliphatic carbocycles. The Labute approximate surface area is 95.1 Å². The molecule has 2 saturated heterocycles. The van der Waals surface area contributed by atoms with E-state index in [1.807, 2.05) is 20.8 Å².